The van der Waals surface area contributed by atoms with E-state index in [0.29, 0.717) is 5.41 Å². The first-order valence-electron chi connectivity index (χ1n) is 5.18. The molecule has 2 aliphatic rings. The zero-order chi connectivity index (χ0) is 7.90. The van der Waals surface area contributed by atoms with Gasteiger partial charge in [-0.1, -0.05) is 33.1 Å². The van der Waals surface area contributed by atoms with Gasteiger partial charge in [0.1, 0.15) is 0 Å². The molecule has 2 saturated carbocycles. The molecule has 2 aliphatic carbocycles. The Hall–Kier alpha value is 0. The molecule has 0 nitrogen and oxygen atoms in total. The van der Waals surface area contributed by atoms with E-state index >= 15 is 0 Å². The standard InChI is InChI=1S/C11H20/c1-11(2)7-3-4-9-5-6-10(11)8-9/h9-10H,3-8H2,1-2H3. The van der Waals surface area contributed by atoms with E-state index < -0.39 is 0 Å². The van der Waals surface area contributed by atoms with Gasteiger partial charge >= 0.3 is 0 Å². The fraction of sp³-hybridized carbons (Fsp3) is 1.00. The van der Waals surface area contributed by atoms with E-state index in [1.165, 1.54) is 32.1 Å². The molecule has 0 aliphatic heterocycles. The second-order valence-electron chi connectivity index (χ2n) is 5.26. The maximum absolute atomic E-state index is 2.48. The minimum Gasteiger partial charge on any atom is -0.0596 e. The summed E-state index contributed by atoms with van der Waals surface area (Å²) in [5.74, 6) is 2.18. The Morgan fingerprint density at radius 2 is 1.91 bits per heavy atom. The van der Waals surface area contributed by atoms with Crippen LogP contribution in [0.25, 0.3) is 0 Å². The monoisotopic (exact) mass is 152 g/mol. The van der Waals surface area contributed by atoms with Gasteiger partial charge in [-0.3, -0.25) is 0 Å². The van der Waals surface area contributed by atoms with E-state index in [9.17, 15) is 0 Å². The zero-order valence-corrected chi connectivity index (χ0v) is 7.90. The van der Waals surface area contributed by atoms with Crippen LogP contribution in [0.4, 0.5) is 0 Å². The fourth-order valence-electron chi connectivity index (χ4n) is 3.10. The molecule has 0 spiro atoms. The van der Waals surface area contributed by atoms with Crippen molar-refractivity contribution in [1.82, 2.24) is 0 Å². The maximum atomic E-state index is 2.48. The summed E-state index contributed by atoms with van der Waals surface area (Å²) in [5.41, 5.74) is 0.672. The number of hydrogen-bond donors (Lipinski definition) is 0. The molecule has 0 aromatic carbocycles. The lowest BCUT2D eigenvalue weighted by molar-refractivity contribution is 0.204. The van der Waals surface area contributed by atoms with Crippen LogP contribution in [0.15, 0.2) is 0 Å². The van der Waals surface area contributed by atoms with Gasteiger partial charge in [-0.25, -0.2) is 0 Å². The largest absolute Gasteiger partial charge is 0.0596 e. The van der Waals surface area contributed by atoms with Gasteiger partial charge in [-0.05, 0) is 36.5 Å². The van der Waals surface area contributed by atoms with Crippen LogP contribution in [-0.2, 0) is 0 Å². The van der Waals surface area contributed by atoms with E-state index in [0.717, 1.165) is 11.8 Å². The molecule has 0 radical (unpaired) electrons. The Morgan fingerprint density at radius 1 is 1.09 bits per heavy atom. The molecule has 0 aromatic rings. The SMILES string of the molecule is CC1(C)CCCC2CCC1C2. The molecular weight excluding hydrogens is 132 g/mol. The van der Waals surface area contributed by atoms with Crippen molar-refractivity contribution < 1.29 is 0 Å². The quantitative estimate of drug-likeness (QED) is 0.497. The molecule has 0 amide bonds. The first kappa shape index (κ1) is 7.64. The number of rotatable bonds is 0. The van der Waals surface area contributed by atoms with Crippen LogP contribution in [0.3, 0.4) is 0 Å². The Balaban J connectivity index is 2.13. The third-order valence-corrected chi connectivity index (χ3v) is 4.08. The average Bonchev–Trinajstić information content (AvgIpc) is 2.30. The Bertz CT molecular complexity index is 146. The lowest BCUT2D eigenvalue weighted by atomic mass is 9.75. The van der Waals surface area contributed by atoms with Crippen molar-refractivity contribution in [2.75, 3.05) is 0 Å². The third-order valence-electron chi connectivity index (χ3n) is 4.08. The molecule has 0 heteroatoms. The van der Waals surface area contributed by atoms with Crippen LogP contribution in [-0.4, -0.2) is 0 Å². The zero-order valence-electron chi connectivity index (χ0n) is 7.90. The lowest BCUT2D eigenvalue weighted by Gasteiger charge is -2.30. The molecule has 2 fully saturated rings. The lowest BCUT2D eigenvalue weighted by Crippen LogP contribution is -2.20. The normalized spacial score (nSPS) is 42.0. The molecule has 2 unspecified atom stereocenters. The van der Waals surface area contributed by atoms with E-state index in [1.54, 1.807) is 6.42 Å². The molecule has 0 saturated heterocycles. The van der Waals surface area contributed by atoms with Crippen molar-refractivity contribution in [3.63, 3.8) is 0 Å². The highest BCUT2D eigenvalue weighted by molar-refractivity contribution is 4.89. The molecule has 11 heavy (non-hydrogen) atoms. The second kappa shape index (κ2) is 2.50. The fourth-order valence-corrected chi connectivity index (χ4v) is 3.10. The molecule has 2 atom stereocenters. The number of hydrogen-bond acceptors (Lipinski definition) is 0. The van der Waals surface area contributed by atoms with Crippen molar-refractivity contribution in [3.05, 3.63) is 0 Å². The van der Waals surface area contributed by atoms with Gasteiger partial charge in [-0.2, -0.15) is 0 Å². The molecule has 0 heterocycles. The van der Waals surface area contributed by atoms with Gasteiger partial charge in [0.15, 0.2) is 0 Å². The highest BCUT2D eigenvalue weighted by Gasteiger charge is 2.37. The topological polar surface area (TPSA) is 0 Å². The van der Waals surface area contributed by atoms with Crippen molar-refractivity contribution in [1.29, 1.82) is 0 Å². The van der Waals surface area contributed by atoms with Crippen molar-refractivity contribution >= 4 is 0 Å². The van der Waals surface area contributed by atoms with Gasteiger partial charge in [0.05, 0.1) is 0 Å². The summed E-state index contributed by atoms with van der Waals surface area (Å²) in [6, 6.07) is 0. The van der Waals surface area contributed by atoms with Gasteiger partial charge in [0, 0.05) is 0 Å². The van der Waals surface area contributed by atoms with Crippen LogP contribution in [0.2, 0.25) is 0 Å². The highest BCUT2D eigenvalue weighted by Crippen LogP contribution is 2.49. The van der Waals surface area contributed by atoms with Crippen LogP contribution in [0, 0.1) is 17.3 Å². The maximum Gasteiger partial charge on any atom is -0.0326 e. The molecule has 0 aromatic heterocycles. The van der Waals surface area contributed by atoms with E-state index in [-0.39, 0.29) is 0 Å². The molecular formula is C11H20. The van der Waals surface area contributed by atoms with Gasteiger partial charge in [-0.15, -0.1) is 0 Å². The van der Waals surface area contributed by atoms with E-state index in [2.05, 4.69) is 13.8 Å². The minimum atomic E-state index is 0.672. The summed E-state index contributed by atoms with van der Waals surface area (Å²) in [7, 11) is 0. The average molecular weight is 152 g/mol. The molecule has 2 bridgehead atoms. The third kappa shape index (κ3) is 1.32. The van der Waals surface area contributed by atoms with Crippen molar-refractivity contribution in [2.45, 2.75) is 52.4 Å². The highest BCUT2D eigenvalue weighted by atomic mass is 14.4. The molecule has 0 N–H and O–H groups in total. The minimum absolute atomic E-state index is 0.672. The molecule has 2 rings (SSSR count). The van der Waals surface area contributed by atoms with Crippen LogP contribution in [0.5, 0.6) is 0 Å². The van der Waals surface area contributed by atoms with Crippen LogP contribution >= 0.6 is 0 Å². The summed E-state index contributed by atoms with van der Waals surface area (Å²) in [6.45, 7) is 4.96. The van der Waals surface area contributed by atoms with Gasteiger partial charge in [0.25, 0.3) is 0 Å². The summed E-state index contributed by atoms with van der Waals surface area (Å²) in [5, 5.41) is 0. The van der Waals surface area contributed by atoms with Crippen LogP contribution in [0.1, 0.15) is 52.4 Å². The Labute approximate surface area is 70.4 Å². The Kier molecular flexibility index (Phi) is 1.74. The second-order valence-corrected chi connectivity index (χ2v) is 5.26. The van der Waals surface area contributed by atoms with Crippen molar-refractivity contribution in [3.8, 4) is 0 Å². The summed E-state index contributed by atoms with van der Waals surface area (Å²) in [6.07, 6.45) is 9.11. The predicted octanol–water partition coefficient (Wildman–Crippen LogP) is 3.61. The van der Waals surface area contributed by atoms with Gasteiger partial charge in [0.2, 0.25) is 0 Å². The predicted molar refractivity (Wildman–Crippen MR) is 48.5 cm³/mol. The van der Waals surface area contributed by atoms with E-state index in [4.69, 9.17) is 0 Å². The molecule has 64 valence electrons. The van der Waals surface area contributed by atoms with E-state index in [1.807, 2.05) is 0 Å². The first-order valence-corrected chi connectivity index (χ1v) is 5.18. The summed E-state index contributed by atoms with van der Waals surface area (Å²) in [4.78, 5) is 0. The number of fused-ring (bicyclic) bond motifs is 2. The summed E-state index contributed by atoms with van der Waals surface area (Å²) < 4.78 is 0. The van der Waals surface area contributed by atoms with Crippen molar-refractivity contribution in [2.24, 2.45) is 17.3 Å². The Morgan fingerprint density at radius 3 is 2.73 bits per heavy atom. The smallest absolute Gasteiger partial charge is 0.0326 e. The first-order chi connectivity index (χ1) is 5.18. The summed E-state index contributed by atoms with van der Waals surface area (Å²) >= 11 is 0. The van der Waals surface area contributed by atoms with Crippen LogP contribution < -0.4 is 0 Å². The van der Waals surface area contributed by atoms with Gasteiger partial charge < -0.3 is 0 Å².